The van der Waals surface area contributed by atoms with E-state index in [1.807, 2.05) is 48.5 Å². The van der Waals surface area contributed by atoms with Crippen LogP contribution in [0.3, 0.4) is 0 Å². The van der Waals surface area contributed by atoms with Crippen LogP contribution in [0.1, 0.15) is 15.9 Å². The van der Waals surface area contributed by atoms with Gasteiger partial charge in [0.15, 0.2) is 0 Å². The molecule has 1 aromatic heterocycles. The van der Waals surface area contributed by atoms with Gasteiger partial charge in [0.25, 0.3) is 5.91 Å². The summed E-state index contributed by atoms with van der Waals surface area (Å²) in [6.07, 6.45) is 0.0865. The first kappa shape index (κ1) is 20.3. The van der Waals surface area contributed by atoms with Crippen LogP contribution in [0, 0.1) is 0 Å². The Bertz CT molecular complexity index is 1240. The number of aromatic nitrogens is 1. The highest BCUT2D eigenvalue weighted by molar-refractivity contribution is 9.10. The fourth-order valence-electron chi connectivity index (χ4n) is 3.43. The summed E-state index contributed by atoms with van der Waals surface area (Å²) >= 11 is 9.46. The first-order valence-corrected chi connectivity index (χ1v) is 10.4. The van der Waals surface area contributed by atoms with Crippen LogP contribution in [-0.2, 0) is 11.2 Å². The molecule has 0 radical (unpaired) electrons. The van der Waals surface area contributed by atoms with Gasteiger partial charge in [-0.25, -0.2) is 9.78 Å². The van der Waals surface area contributed by atoms with Gasteiger partial charge in [0.2, 0.25) is 0 Å². The molecule has 0 fully saturated rings. The van der Waals surface area contributed by atoms with Crippen LogP contribution in [0.5, 0.6) is 0 Å². The summed E-state index contributed by atoms with van der Waals surface area (Å²) in [6, 6.07) is 18.7. The van der Waals surface area contributed by atoms with Gasteiger partial charge in [-0.05, 0) is 35.9 Å². The topological polar surface area (TPSA) is 79.3 Å². The lowest BCUT2D eigenvalue weighted by Crippen LogP contribution is -2.42. The number of carbonyl (C=O) groups is 2. The molecule has 0 aliphatic rings. The Morgan fingerprint density at radius 3 is 2.20 bits per heavy atom. The fraction of sp³-hybridized carbons (Fsp3) is 0.0870. The molecular formula is C23H16BrClN2O3. The molecule has 5 nitrogen and oxygen atoms in total. The van der Waals surface area contributed by atoms with Crippen molar-refractivity contribution in [3.63, 3.8) is 0 Å². The van der Waals surface area contributed by atoms with E-state index in [9.17, 15) is 14.7 Å². The number of nitrogens with zero attached hydrogens (tertiary/aromatic N) is 1. The Balaban J connectivity index is 1.75. The Hall–Kier alpha value is -2.96. The van der Waals surface area contributed by atoms with Crippen molar-refractivity contribution in [3.8, 4) is 0 Å². The zero-order valence-electron chi connectivity index (χ0n) is 15.6. The molecule has 1 heterocycles. The molecule has 7 heteroatoms. The second-order valence-corrected chi connectivity index (χ2v) is 8.12. The van der Waals surface area contributed by atoms with Crippen molar-refractivity contribution >= 4 is 61.2 Å². The summed E-state index contributed by atoms with van der Waals surface area (Å²) in [5.74, 6) is -1.59. The van der Waals surface area contributed by atoms with Gasteiger partial charge in [0.1, 0.15) is 6.04 Å². The largest absolute Gasteiger partial charge is 0.480 e. The quantitative estimate of drug-likeness (QED) is 0.381. The maximum atomic E-state index is 13.3. The molecule has 0 aliphatic carbocycles. The number of para-hydroxylation sites is 2. The van der Waals surface area contributed by atoms with Crippen molar-refractivity contribution in [2.24, 2.45) is 0 Å². The van der Waals surface area contributed by atoms with Crippen LogP contribution in [0.15, 0.2) is 71.2 Å². The second-order valence-electron chi connectivity index (χ2n) is 6.83. The van der Waals surface area contributed by atoms with Crippen molar-refractivity contribution in [1.82, 2.24) is 10.3 Å². The molecule has 1 atom stereocenters. The van der Waals surface area contributed by atoms with Crippen LogP contribution in [0.4, 0.5) is 0 Å². The van der Waals surface area contributed by atoms with E-state index in [4.69, 9.17) is 11.6 Å². The second kappa shape index (κ2) is 8.42. The lowest BCUT2D eigenvalue weighted by Gasteiger charge is -2.17. The number of carboxylic acids is 1. The number of fused-ring (bicyclic) bond motifs is 2. The molecule has 150 valence electrons. The first-order chi connectivity index (χ1) is 14.4. The van der Waals surface area contributed by atoms with E-state index in [1.165, 1.54) is 0 Å². The summed E-state index contributed by atoms with van der Waals surface area (Å²) < 4.78 is 0.729. The van der Waals surface area contributed by atoms with E-state index in [-0.39, 0.29) is 6.42 Å². The van der Waals surface area contributed by atoms with Gasteiger partial charge in [-0.1, -0.05) is 63.9 Å². The predicted octanol–water partition coefficient (Wildman–Crippen LogP) is 5.23. The molecule has 3 aromatic carbocycles. The Morgan fingerprint density at radius 2 is 1.60 bits per heavy atom. The van der Waals surface area contributed by atoms with E-state index in [2.05, 4.69) is 26.2 Å². The molecule has 0 unspecified atom stereocenters. The number of hydrogen-bond acceptors (Lipinski definition) is 3. The van der Waals surface area contributed by atoms with Gasteiger partial charge in [-0.3, -0.25) is 4.79 Å². The number of carbonyl (C=O) groups excluding carboxylic acids is 1. The molecule has 1 amide bonds. The molecule has 0 spiro atoms. The number of halogens is 2. The number of rotatable bonds is 5. The monoisotopic (exact) mass is 482 g/mol. The molecule has 0 saturated heterocycles. The molecule has 0 saturated carbocycles. The van der Waals surface area contributed by atoms with Crippen LogP contribution < -0.4 is 5.32 Å². The molecule has 0 bridgehead atoms. The zero-order chi connectivity index (χ0) is 21.3. The molecule has 0 aliphatic heterocycles. The SMILES string of the molecule is O=C(N[C@@H](Cc1cc(Cl)ccc1Br)C(=O)O)c1c2ccccc2nc2ccccc12. The highest BCUT2D eigenvalue weighted by Crippen LogP contribution is 2.27. The highest BCUT2D eigenvalue weighted by Gasteiger charge is 2.24. The number of pyridine rings is 1. The summed E-state index contributed by atoms with van der Waals surface area (Å²) in [6.45, 7) is 0. The first-order valence-electron chi connectivity index (χ1n) is 9.19. The molecule has 30 heavy (non-hydrogen) atoms. The maximum Gasteiger partial charge on any atom is 0.326 e. The number of aliphatic carboxylic acids is 1. The van der Waals surface area contributed by atoms with Gasteiger partial charge < -0.3 is 10.4 Å². The predicted molar refractivity (Wildman–Crippen MR) is 121 cm³/mol. The van der Waals surface area contributed by atoms with E-state index < -0.39 is 17.9 Å². The van der Waals surface area contributed by atoms with Gasteiger partial charge in [0.05, 0.1) is 16.6 Å². The van der Waals surface area contributed by atoms with Crippen molar-refractivity contribution in [1.29, 1.82) is 0 Å². The van der Waals surface area contributed by atoms with Crippen LogP contribution in [-0.4, -0.2) is 28.0 Å². The van der Waals surface area contributed by atoms with Gasteiger partial charge in [0, 0.05) is 26.7 Å². The number of carboxylic acid groups (broad SMARTS) is 1. The van der Waals surface area contributed by atoms with Crippen molar-refractivity contribution in [2.75, 3.05) is 0 Å². The lowest BCUT2D eigenvalue weighted by molar-refractivity contribution is -0.139. The zero-order valence-corrected chi connectivity index (χ0v) is 17.9. The van der Waals surface area contributed by atoms with Crippen LogP contribution >= 0.6 is 27.5 Å². The molecule has 2 N–H and O–H groups in total. The van der Waals surface area contributed by atoms with E-state index >= 15 is 0 Å². The van der Waals surface area contributed by atoms with Gasteiger partial charge >= 0.3 is 5.97 Å². The van der Waals surface area contributed by atoms with Crippen LogP contribution in [0.2, 0.25) is 5.02 Å². The summed E-state index contributed by atoms with van der Waals surface area (Å²) in [4.78, 5) is 29.8. The Morgan fingerprint density at radius 1 is 1.00 bits per heavy atom. The lowest BCUT2D eigenvalue weighted by atomic mass is 10.0. The number of nitrogens with one attached hydrogen (secondary N) is 1. The van der Waals surface area contributed by atoms with Crippen molar-refractivity contribution in [3.05, 3.63) is 87.4 Å². The third kappa shape index (κ3) is 4.01. The average Bonchev–Trinajstić information content (AvgIpc) is 2.73. The molecule has 4 aromatic rings. The van der Waals surface area contributed by atoms with Gasteiger partial charge in [-0.15, -0.1) is 0 Å². The maximum absolute atomic E-state index is 13.3. The third-order valence-electron chi connectivity index (χ3n) is 4.85. The average molecular weight is 484 g/mol. The standard InChI is InChI=1S/C23H16BrClN2O3/c24-17-10-9-14(25)11-13(17)12-20(23(29)30)27-22(28)21-15-5-1-3-7-18(15)26-19-8-4-2-6-16(19)21/h1-11,20H,12H2,(H,27,28)(H,29,30)/t20-/m0/s1. The van der Waals surface area contributed by atoms with E-state index in [0.717, 1.165) is 4.47 Å². The van der Waals surface area contributed by atoms with Crippen LogP contribution in [0.25, 0.3) is 21.8 Å². The van der Waals surface area contributed by atoms with Crippen molar-refractivity contribution in [2.45, 2.75) is 12.5 Å². The number of hydrogen-bond donors (Lipinski definition) is 2. The number of amides is 1. The third-order valence-corrected chi connectivity index (χ3v) is 5.86. The summed E-state index contributed by atoms with van der Waals surface area (Å²) in [5.41, 5.74) is 2.45. The van der Waals surface area contributed by atoms with Crippen molar-refractivity contribution < 1.29 is 14.7 Å². The number of benzene rings is 3. The van der Waals surface area contributed by atoms with Gasteiger partial charge in [-0.2, -0.15) is 0 Å². The minimum Gasteiger partial charge on any atom is -0.480 e. The summed E-state index contributed by atoms with van der Waals surface area (Å²) in [5, 5.41) is 14.3. The Kier molecular flexibility index (Phi) is 5.70. The molecule has 4 rings (SSSR count). The summed E-state index contributed by atoms with van der Waals surface area (Å²) in [7, 11) is 0. The van der Waals surface area contributed by atoms with E-state index in [0.29, 0.717) is 38.0 Å². The smallest absolute Gasteiger partial charge is 0.326 e. The fourth-order valence-corrected chi connectivity index (χ4v) is 4.04. The minimum absolute atomic E-state index is 0.0865. The minimum atomic E-state index is -1.13. The highest BCUT2D eigenvalue weighted by atomic mass is 79.9. The normalized spacial score (nSPS) is 12.1. The molecular weight excluding hydrogens is 468 g/mol. The van der Waals surface area contributed by atoms with E-state index in [1.54, 1.807) is 18.2 Å². The Labute approximate surface area is 185 Å².